The molecule has 2 aromatic carbocycles. The molecule has 0 radical (unpaired) electrons. The molecule has 0 spiro atoms. The van der Waals surface area contributed by atoms with Crippen LogP contribution >= 0.6 is 0 Å². The third-order valence-electron chi connectivity index (χ3n) is 8.10. The molecule has 5 heterocycles. The van der Waals surface area contributed by atoms with Crippen molar-refractivity contribution in [2.45, 2.75) is 25.8 Å². The highest BCUT2D eigenvalue weighted by atomic mass is 16.2. The van der Waals surface area contributed by atoms with Gasteiger partial charge in [0.1, 0.15) is 0 Å². The topological polar surface area (TPSA) is 90.8 Å². The summed E-state index contributed by atoms with van der Waals surface area (Å²) in [6.45, 7) is 7.14. The summed E-state index contributed by atoms with van der Waals surface area (Å²) in [7, 11) is 1.92. The Hall–Kier alpha value is -5.31. The van der Waals surface area contributed by atoms with Gasteiger partial charge in [0.25, 0.3) is 5.56 Å². The second-order valence-electron chi connectivity index (χ2n) is 10.9. The summed E-state index contributed by atoms with van der Waals surface area (Å²) in [5.74, 6) is 0.112. The van der Waals surface area contributed by atoms with Crippen molar-refractivity contribution >= 4 is 33.4 Å². The van der Waals surface area contributed by atoms with E-state index in [1.54, 1.807) is 21.7 Å². The Morgan fingerprint density at radius 3 is 2.71 bits per heavy atom. The van der Waals surface area contributed by atoms with Gasteiger partial charge in [-0.2, -0.15) is 10.2 Å². The van der Waals surface area contributed by atoms with Gasteiger partial charge in [0.2, 0.25) is 5.91 Å². The number of fused-ring (bicyclic) bond motifs is 4. The van der Waals surface area contributed by atoms with Crippen LogP contribution in [0.1, 0.15) is 24.0 Å². The van der Waals surface area contributed by atoms with E-state index in [1.807, 2.05) is 77.6 Å². The van der Waals surface area contributed by atoms with Gasteiger partial charge in [0.15, 0.2) is 0 Å². The van der Waals surface area contributed by atoms with E-state index in [0.717, 1.165) is 57.1 Å². The summed E-state index contributed by atoms with van der Waals surface area (Å²) < 4.78 is 5.49. The van der Waals surface area contributed by atoms with Gasteiger partial charge in [-0.05, 0) is 59.5 Å². The highest BCUT2D eigenvalue weighted by Gasteiger charge is 2.24. The van der Waals surface area contributed by atoms with Crippen LogP contribution in [-0.4, -0.2) is 41.6 Å². The lowest BCUT2D eigenvalue weighted by Gasteiger charge is -2.18. The summed E-state index contributed by atoms with van der Waals surface area (Å²) in [5, 5.41) is 10.6. The van der Waals surface area contributed by atoms with Crippen LogP contribution in [0.2, 0.25) is 0 Å². The molecule has 6 aromatic rings. The van der Waals surface area contributed by atoms with Crippen molar-refractivity contribution in [1.82, 2.24) is 29.1 Å². The molecule has 1 atom stereocenters. The molecule has 1 aliphatic rings. The average Bonchev–Trinajstić information content (AvgIpc) is 3.76. The molecule has 9 heteroatoms. The highest BCUT2D eigenvalue weighted by molar-refractivity contribution is 6.06. The molecule has 9 nitrogen and oxygen atoms in total. The van der Waals surface area contributed by atoms with Gasteiger partial charge >= 0.3 is 0 Å². The predicted octanol–water partition coefficient (Wildman–Crippen LogP) is 5.01. The Kier molecular flexibility index (Phi) is 6.08. The molecule has 42 heavy (non-hydrogen) atoms. The molecule has 0 aliphatic carbocycles. The van der Waals surface area contributed by atoms with Crippen LogP contribution in [0.4, 0.5) is 5.69 Å². The largest absolute Gasteiger partial charge is 0.308 e. The van der Waals surface area contributed by atoms with Crippen molar-refractivity contribution in [3.63, 3.8) is 0 Å². The molecule has 0 saturated heterocycles. The zero-order valence-electron chi connectivity index (χ0n) is 23.4. The van der Waals surface area contributed by atoms with Crippen molar-refractivity contribution in [2.24, 2.45) is 7.05 Å². The first kappa shape index (κ1) is 25.6. The summed E-state index contributed by atoms with van der Waals surface area (Å²) in [6, 6.07) is 15.3. The second-order valence-corrected chi connectivity index (χ2v) is 10.9. The first-order valence-electron chi connectivity index (χ1n) is 13.9. The first-order valence-corrected chi connectivity index (χ1v) is 13.9. The molecule has 7 rings (SSSR count). The van der Waals surface area contributed by atoms with Gasteiger partial charge in [-0.3, -0.25) is 28.5 Å². The number of hydrogen-bond donors (Lipinski definition) is 0. The minimum absolute atomic E-state index is 0.147. The van der Waals surface area contributed by atoms with Crippen molar-refractivity contribution in [3.05, 3.63) is 114 Å². The van der Waals surface area contributed by atoms with Crippen molar-refractivity contribution in [3.8, 4) is 16.8 Å². The van der Waals surface area contributed by atoms with E-state index >= 15 is 0 Å². The lowest BCUT2D eigenvalue weighted by Crippen LogP contribution is -2.27. The quantitative estimate of drug-likeness (QED) is 0.213. The zero-order valence-corrected chi connectivity index (χ0v) is 23.4. The number of aromatic nitrogens is 6. The predicted molar refractivity (Wildman–Crippen MR) is 164 cm³/mol. The van der Waals surface area contributed by atoms with Gasteiger partial charge in [0.05, 0.1) is 29.1 Å². The van der Waals surface area contributed by atoms with E-state index in [4.69, 9.17) is 0 Å². The number of aryl methyl sites for hydroxylation is 1. The normalized spacial score (nSPS) is 13.5. The van der Waals surface area contributed by atoms with Gasteiger partial charge in [-0.15, -0.1) is 0 Å². The van der Waals surface area contributed by atoms with Crippen LogP contribution in [0, 0.1) is 0 Å². The molecular formula is C33H29N7O2. The van der Waals surface area contributed by atoms with E-state index in [0.29, 0.717) is 12.2 Å². The fourth-order valence-electron chi connectivity index (χ4n) is 5.89. The van der Waals surface area contributed by atoms with Gasteiger partial charge in [0, 0.05) is 72.7 Å². The summed E-state index contributed by atoms with van der Waals surface area (Å²) in [4.78, 5) is 32.4. The minimum atomic E-state index is -0.155. The highest BCUT2D eigenvalue weighted by Crippen LogP contribution is 2.33. The average molecular weight is 556 g/mol. The third kappa shape index (κ3) is 4.30. The lowest BCUT2D eigenvalue weighted by molar-refractivity contribution is -0.114. The van der Waals surface area contributed by atoms with E-state index < -0.39 is 0 Å². The molecule has 0 saturated carbocycles. The molecule has 1 unspecified atom stereocenters. The van der Waals surface area contributed by atoms with E-state index in [1.165, 1.54) is 11.6 Å². The van der Waals surface area contributed by atoms with Crippen LogP contribution < -0.4 is 10.5 Å². The Bertz CT molecular complexity index is 2080. The number of carbonyl (C=O) groups is 1. The molecule has 0 bridgehead atoms. The van der Waals surface area contributed by atoms with Crippen molar-refractivity contribution < 1.29 is 4.79 Å². The van der Waals surface area contributed by atoms with Crippen molar-refractivity contribution in [1.29, 1.82) is 0 Å². The monoisotopic (exact) mass is 555 g/mol. The molecule has 1 amide bonds. The number of anilines is 1. The number of benzene rings is 2. The molecule has 0 fully saturated rings. The van der Waals surface area contributed by atoms with Crippen LogP contribution in [0.15, 0.2) is 97.0 Å². The van der Waals surface area contributed by atoms with E-state index in [2.05, 4.69) is 34.8 Å². The summed E-state index contributed by atoms with van der Waals surface area (Å²) in [5.41, 5.74) is 7.11. The van der Waals surface area contributed by atoms with Crippen LogP contribution in [0.3, 0.4) is 0 Å². The third-order valence-corrected chi connectivity index (χ3v) is 8.10. The van der Waals surface area contributed by atoms with Crippen LogP contribution in [0.25, 0.3) is 38.6 Å². The number of carbonyl (C=O) groups excluding carboxylic acids is 1. The second kappa shape index (κ2) is 9.95. The maximum Gasteiger partial charge on any atom is 0.255 e. The minimum Gasteiger partial charge on any atom is -0.308 e. The Balaban J connectivity index is 1.33. The Labute approximate surface area is 242 Å². The molecule has 208 valence electrons. The fraction of sp³-hybridized carbons (Fsp3) is 0.182. The molecule has 1 aliphatic heterocycles. The van der Waals surface area contributed by atoms with E-state index in [9.17, 15) is 9.59 Å². The number of nitrogens with zero attached hydrogens (tertiary/aromatic N) is 7. The fourth-order valence-corrected chi connectivity index (χ4v) is 5.89. The standard InChI is InChI=1S/C33H29N7O2/c1-4-31(41)39-12-11-22-5-8-27(14-30(22)39)40-32(42)10-7-24-15-34-29-9-6-23(13-28(29)33(24)40)26-17-36-38(20-26)18-21(2)25-16-35-37(3)19-25/h4-10,13-17,19-21H,1,11-12,18H2,2-3H3. The SMILES string of the molecule is C=CC(=O)N1CCc2ccc(-n3c(=O)ccc4cnc5ccc(-c6cnn(CC(C)c7cnn(C)c7)c6)cc5c43)cc21. The number of amides is 1. The molecule has 4 aromatic heterocycles. The van der Waals surface area contributed by atoms with Crippen LogP contribution in [-0.2, 0) is 24.8 Å². The molecule has 0 N–H and O–H groups in total. The van der Waals surface area contributed by atoms with Crippen molar-refractivity contribution in [2.75, 3.05) is 11.4 Å². The lowest BCUT2D eigenvalue weighted by atomic mass is 10.0. The van der Waals surface area contributed by atoms with Gasteiger partial charge in [-0.25, -0.2) is 0 Å². The number of hydrogen-bond acceptors (Lipinski definition) is 5. The Morgan fingerprint density at radius 1 is 1.02 bits per heavy atom. The first-order chi connectivity index (χ1) is 20.4. The number of pyridine rings is 2. The molecular weight excluding hydrogens is 526 g/mol. The maximum atomic E-state index is 13.5. The maximum absolute atomic E-state index is 13.5. The Morgan fingerprint density at radius 2 is 1.90 bits per heavy atom. The van der Waals surface area contributed by atoms with Gasteiger partial charge in [-0.1, -0.05) is 25.6 Å². The van der Waals surface area contributed by atoms with E-state index in [-0.39, 0.29) is 17.4 Å². The smallest absolute Gasteiger partial charge is 0.255 e. The van der Waals surface area contributed by atoms with Crippen LogP contribution in [0.5, 0.6) is 0 Å². The zero-order chi connectivity index (χ0) is 29.0. The summed E-state index contributed by atoms with van der Waals surface area (Å²) >= 11 is 0. The van der Waals surface area contributed by atoms with Gasteiger partial charge < -0.3 is 4.90 Å². The number of rotatable bonds is 6. The summed E-state index contributed by atoms with van der Waals surface area (Å²) in [6.07, 6.45) is 11.7.